The second-order valence-corrected chi connectivity index (χ2v) is 5.55. The molecule has 0 radical (unpaired) electrons. The van der Waals surface area contributed by atoms with E-state index in [1.807, 2.05) is 66.3 Å². The quantitative estimate of drug-likeness (QED) is 0.751. The molecule has 4 heteroatoms. The van der Waals surface area contributed by atoms with Crippen molar-refractivity contribution in [2.24, 2.45) is 7.05 Å². The van der Waals surface area contributed by atoms with Crippen molar-refractivity contribution in [1.82, 2.24) is 4.57 Å². The first-order valence-electron chi connectivity index (χ1n) is 6.26. The van der Waals surface area contributed by atoms with Crippen LogP contribution in [0.4, 0.5) is 5.69 Å². The van der Waals surface area contributed by atoms with E-state index < -0.39 is 0 Å². The molecule has 0 fully saturated rings. The lowest BCUT2D eigenvalue weighted by Gasteiger charge is -2.04. The standard InChI is InChI=1S/C16H13BrN2O/c1-19-10-14(13-4-2-3-5-15(13)19)16(20)18-12-8-6-11(17)7-9-12/h2-10H,1H3,(H,18,20). The fourth-order valence-electron chi connectivity index (χ4n) is 2.25. The third-order valence-corrected chi connectivity index (χ3v) is 3.77. The van der Waals surface area contributed by atoms with Gasteiger partial charge in [0, 0.05) is 34.3 Å². The van der Waals surface area contributed by atoms with Crippen molar-refractivity contribution in [3.05, 3.63) is 64.8 Å². The van der Waals surface area contributed by atoms with Crippen molar-refractivity contribution in [3.8, 4) is 0 Å². The van der Waals surface area contributed by atoms with Crippen molar-refractivity contribution in [2.45, 2.75) is 0 Å². The molecule has 1 N–H and O–H groups in total. The van der Waals surface area contributed by atoms with Gasteiger partial charge >= 0.3 is 0 Å². The minimum Gasteiger partial charge on any atom is -0.350 e. The van der Waals surface area contributed by atoms with Gasteiger partial charge in [0.2, 0.25) is 0 Å². The topological polar surface area (TPSA) is 34.0 Å². The molecule has 0 aliphatic heterocycles. The van der Waals surface area contributed by atoms with Crippen LogP contribution in [0.1, 0.15) is 10.4 Å². The van der Waals surface area contributed by atoms with Crippen molar-refractivity contribution >= 4 is 38.4 Å². The Kier molecular flexibility index (Phi) is 3.32. The Hall–Kier alpha value is -2.07. The van der Waals surface area contributed by atoms with E-state index in [0.29, 0.717) is 5.56 Å². The average molecular weight is 329 g/mol. The largest absolute Gasteiger partial charge is 0.350 e. The van der Waals surface area contributed by atoms with Crippen molar-refractivity contribution in [3.63, 3.8) is 0 Å². The highest BCUT2D eigenvalue weighted by molar-refractivity contribution is 9.10. The summed E-state index contributed by atoms with van der Waals surface area (Å²) in [6.07, 6.45) is 1.86. The summed E-state index contributed by atoms with van der Waals surface area (Å²) in [6, 6.07) is 15.4. The summed E-state index contributed by atoms with van der Waals surface area (Å²) in [5, 5.41) is 3.88. The SMILES string of the molecule is Cn1cc(C(=O)Nc2ccc(Br)cc2)c2ccccc21. The van der Waals surface area contributed by atoms with Crippen molar-refractivity contribution < 1.29 is 4.79 Å². The van der Waals surface area contributed by atoms with Gasteiger partial charge in [0.05, 0.1) is 5.56 Å². The van der Waals surface area contributed by atoms with Crippen LogP contribution in [0.5, 0.6) is 0 Å². The number of carbonyl (C=O) groups excluding carboxylic acids is 1. The van der Waals surface area contributed by atoms with E-state index in [9.17, 15) is 4.79 Å². The zero-order valence-electron chi connectivity index (χ0n) is 10.9. The lowest BCUT2D eigenvalue weighted by atomic mass is 10.1. The average Bonchev–Trinajstić information content (AvgIpc) is 2.79. The molecule has 3 aromatic rings. The minimum atomic E-state index is -0.0934. The monoisotopic (exact) mass is 328 g/mol. The van der Waals surface area contributed by atoms with Crippen LogP contribution in [0.2, 0.25) is 0 Å². The number of aryl methyl sites for hydroxylation is 1. The number of nitrogens with one attached hydrogen (secondary N) is 1. The lowest BCUT2D eigenvalue weighted by Crippen LogP contribution is -2.11. The fourth-order valence-corrected chi connectivity index (χ4v) is 2.52. The molecule has 3 rings (SSSR count). The summed E-state index contributed by atoms with van der Waals surface area (Å²) in [4.78, 5) is 12.4. The first-order chi connectivity index (χ1) is 9.65. The molecule has 1 amide bonds. The van der Waals surface area contributed by atoms with Gasteiger partial charge in [0.1, 0.15) is 0 Å². The van der Waals surface area contributed by atoms with Gasteiger partial charge in [-0.25, -0.2) is 0 Å². The number of aromatic nitrogens is 1. The van der Waals surface area contributed by atoms with E-state index in [0.717, 1.165) is 21.1 Å². The van der Waals surface area contributed by atoms with E-state index in [4.69, 9.17) is 0 Å². The molecule has 100 valence electrons. The molecule has 20 heavy (non-hydrogen) atoms. The highest BCUT2D eigenvalue weighted by Crippen LogP contribution is 2.22. The molecular formula is C16H13BrN2O. The first kappa shape index (κ1) is 12.9. The van der Waals surface area contributed by atoms with Gasteiger partial charge in [-0.3, -0.25) is 4.79 Å². The van der Waals surface area contributed by atoms with E-state index in [2.05, 4.69) is 21.2 Å². The first-order valence-corrected chi connectivity index (χ1v) is 7.05. The molecule has 1 heterocycles. The van der Waals surface area contributed by atoms with Crippen LogP contribution in [0.3, 0.4) is 0 Å². The number of benzene rings is 2. The number of rotatable bonds is 2. The van der Waals surface area contributed by atoms with Gasteiger partial charge in [0.25, 0.3) is 5.91 Å². The minimum absolute atomic E-state index is 0.0934. The molecule has 0 aliphatic carbocycles. The van der Waals surface area contributed by atoms with Gasteiger partial charge in [-0.15, -0.1) is 0 Å². The van der Waals surface area contributed by atoms with Crippen LogP contribution < -0.4 is 5.32 Å². The lowest BCUT2D eigenvalue weighted by molar-refractivity contribution is 0.102. The Balaban J connectivity index is 1.95. The summed E-state index contributed by atoms with van der Waals surface area (Å²) in [7, 11) is 1.94. The molecule has 0 atom stereocenters. The summed E-state index contributed by atoms with van der Waals surface area (Å²) >= 11 is 3.38. The predicted molar refractivity (Wildman–Crippen MR) is 85.0 cm³/mol. The Morgan fingerprint density at radius 1 is 1.10 bits per heavy atom. The van der Waals surface area contributed by atoms with Crippen LogP contribution in [-0.2, 0) is 7.05 Å². The predicted octanol–water partition coefficient (Wildman–Crippen LogP) is 4.19. The van der Waals surface area contributed by atoms with Crippen molar-refractivity contribution in [2.75, 3.05) is 5.32 Å². The number of anilines is 1. The number of para-hydroxylation sites is 1. The Bertz CT molecular complexity index is 775. The number of amides is 1. The zero-order valence-corrected chi connectivity index (χ0v) is 12.5. The number of hydrogen-bond donors (Lipinski definition) is 1. The number of halogens is 1. The molecular weight excluding hydrogens is 316 g/mol. The van der Waals surface area contributed by atoms with Gasteiger partial charge < -0.3 is 9.88 Å². The third-order valence-electron chi connectivity index (χ3n) is 3.24. The smallest absolute Gasteiger partial charge is 0.257 e. The number of hydrogen-bond acceptors (Lipinski definition) is 1. The maximum Gasteiger partial charge on any atom is 0.257 e. The van der Waals surface area contributed by atoms with Crippen molar-refractivity contribution in [1.29, 1.82) is 0 Å². The second-order valence-electron chi connectivity index (χ2n) is 4.63. The fraction of sp³-hybridized carbons (Fsp3) is 0.0625. The van der Waals surface area contributed by atoms with E-state index in [1.54, 1.807) is 0 Å². The molecule has 2 aromatic carbocycles. The van der Waals surface area contributed by atoms with Crippen LogP contribution in [0.15, 0.2) is 59.2 Å². The Morgan fingerprint density at radius 3 is 2.55 bits per heavy atom. The van der Waals surface area contributed by atoms with Gasteiger partial charge in [-0.05, 0) is 30.3 Å². The summed E-state index contributed by atoms with van der Waals surface area (Å²) in [5.74, 6) is -0.0934. The summed E-state index contributed by atoms with van der Waals surface area (Å²) < 4.78 is 2.95. The Morgan fingerprint density at radius 2 is 1.80 bits per heavy atom. The van der Waals surface area contributed by atoms with Gasteiger partial charge in [-0.1, -0.05) is 34.1 Å². The van der Waals surface area contributed by atoms with Crippen LogP contribution in [0, 0.1) is 0 Å². The Labute approximate surface area is 125 Å². The summed E-state index contributed by atoms with van der Waals surface area (Å²) in [6.45, 7) is 0. The highest BCUT2D eigenvalue weighted by Gasteiger charge is 2.13. The van der Waals surface area contributed by atoms with Gasteiger partial charge in [0.15, 0.2) is 0 Å². The third kappa shape index (κ3) is 2.34. The van der Waals surface area contributed by atoms with Crippen LogP contribution >= 0.6 is 15.9 Å². The normalized spacial score (nSPS) is 10.7. The van der Waals surface area contributed by atoms with E-state index in [1.165, 1.54) is 0 Å². The van der Waals surface area contributed by atoms with E-state index >= 15 is 0 Å². The molecule has 0 saturated carbocycles. The zero-order chi connectivity index (χ0) is 14.1. The second kappa shape index (κ2) is 5.13. The number of nitrogens with zero attached hydrogens (tertiary/aromatic N) is 1. The molecule has 1 aromatic heterocycles. The number of fused-ring (bicyclic) bond motifs is 1. The molecule has 3 nitrogen and oxygen atoms in total. The molecule has 0 unspecified atom stereocenters. The molecule has 0 spiro atoms. The molecule has 0 aliphatic rings. The maximum atomic E-state index is 12.4. The maximum absolute atomic E-state index is 12.4. The van der Waals surface area contributed by atoms with Gasteiger partial charge in [-0.2, -0.15) is 0 Å². The highest BCUT2D eigenvalue weighted by atomic mass is 79.9. The molecule has 0 saturated heterocycles. The number of carbonyl (C=O) groups is 1. The molecule has 0 bridgehead atoms. The van der Waals surface area contributed by atoms with E-state index in [-0.39, 0.29) is 5.91 Å². The summed E-state index contributed by atoms with van der Waals surface area (Å²) in [5.41, 5.74) is 2.52. The van der Waals surface area contributed by atoms with Crippen LogP contribution in [0.25, 0.3) is 10.9 Å². The van der Waals surface area contributed by atoms with Crippen LogP contribution in [-0.4, -0.2) is 10.5 Å².